The van der Waals surface area contributed by atoms with Gasteiger partial charge in [0.1, 0.15) is 10.4 Å². The lowest BCUT2D eigenvalue weighted by molar-refractivity contribution is -0.119. The van der Waals surface area contributed by atoms with Gasteiger partial charge in [-0.05, 0) is 34.5 Å². The molecule has 0 unspecified atom stereocenters. The number of carbonyl (C=O) groups is 1. The van der Waals surface area contributed by atoms with Crippen LogP contribution in [-0.4, -0.2) is 24.0 Å². The van der Waals surface area contributed by atoms with Gasteiger partial charge in [-0.1, -0.05) is 13.0 Å². The van der Waals surface area contributed by atoms with Crippen molar-refractivity contribution in [1.29, 1.82) is 0 Å². The molecule has 0 saturated heterocycles. The third kappa shape index (κ3) is 4.78. The minimum absolute atomic E-state index is 0.0152. The van der Waals surface area contributed by atoms with E-state index in [9.17, 15) is 4.79 Å². The van der Waals surface area contributed by atoms with E-state index in [0.717, 1.165) is 11.0 Å². The van der Waals surface area contributed by atoms with Gasteiger partial charge in [0.05, 0.1) is 6.54 Å². The van der Waals surface area contributed by atoms with Crippen LogP contribution in [0.5, 0.6) is 0 Å². The summed E-state index contributed by atoms with van der Waals surface area (Å²) in [5, 5.41) is 5.72. The molecule has 0 fully saturated rings. The van der Waals surface area contributed by atoms with E-state index >= 15 is 0 Å². The van der Waals surface area contributed by atoms with Crippen LogP contribution in [0.15, 0.2) is 22.8 Å². The summed E-state index contributed by atoms with van der Waals surface area (Å²) in [5.74, 6) is 0.676. The van der Waals surface area contributed by atoms with E-state index in [1.54, 1.807) is 0 Å². The molecule has 2 N–H and O–H groups in total. The van der Waals surface area contributed by atoms with Crippen molar-refractivity contribution in [3.8, 4) is 0 Å². The molecule has 0 radical (unpaired) electrons. The lowest BCUT2D eigenvalue weighted by Crippen LogP contribution is -2.30. The Labute approximate surface area is 97.6 Å². The third-order valence-electron chi connectivity index (χ3n) is 1.72. The molecule has 0 aromatic carbocycles. The minimum atomic E-state index is -0.0152. The number of halogens is 1. The summed E-state index contributed by atoms with van der Waals surface area (Å²) in [4.78, 5) is 15.4. The molecule has 4 nitrogen and oxygen atoms in total. The summed E-state index contributed by atoms with van der Waals surface area (Å²) in [6.45, 7) is 2.99. The van der Waals surface area contributed by atoms with Gasteiger partial charge in [0.2, 0.25) is 5.91 Å². The molecule has 5 heteroatoms. The van der Waals surface area contributed by atoms with E-state index in [-0.39, 0.29) is 12.5 Å². The Kier molecular flexibility index (Phi) is 5.10. The number of amides is 1. The maximum absolute atomic E-state index is 11.2. The number of hydrogen-bond donors (Lipinski definition) is 2. The molecule has 0 aliphatic carbocycles. The fourth-order valence-electron chi connectivity index (χ4n) is 1.00. The quantitative estimate of drug-likeness (QED) is 0.803. The summed E-state index contributed by atoms with van der Waals surface area (Å²) in [7, 11) is 0. The summed E-state index contributed by atoms with van der Waals surface area (Å²) < 4.78 is 0.751. The molecular formula is C10H14BrN3O. The first-order chi connectivity index (χ1) is 7.22. The largest absolute Gasteiger partial charge is 0.361 e. The SMILES string of the molecule is CCCNC(=O)CNc1cccc(Br)n1. The second-order valence-corrected chi connectivity index (χ2v) is 3.86. The number of hydrogen-bond acceptors (Lipinski definition) is 3. The predicted molar refractivity (Wildman–Crippen MR) is 63.7 cm³/mol. The molecule has 0 aliphatic heterocycles. The van der Waals surface area contributed by atoms with Gasteiger partial charge in [-0.15, -0.1) is 0 Å². The van der Waals surface area contributed by atoms with Crippen molar-refractivity contribution >= 4 is 27.7 Å². The van der Waals surface area contributed by atoms with E-state index in [2.05, 4.69) is 31.5 Å². The number of anilines is 1. The number of rotatable bonds is 5. The maximum atomic E-state index is 11.2. The highest BCUT2D eigenvalue weighted by molar-refractivity contribution is 9.10. The molecule has 1 rings (SSSR count). The van der Waals surface area contributed by atoms with E-state index in [1.165, 1.54) is 0 Å². The highest BCUT2D eigenvalue weighted by Gasteiger charge is 2.00. The molecular weight excluding hydrogens is 258 g/mol. The van der Waals surface area contributed by atoms with Crippen LogP contribution in [0.2, 0.25) is 0 Å². The predicted octanol–water partition coefficient (Wildman–Crippen LogP) is 1.78. The van der Waals surface area contributed by atoms with Gasteiger partial charge in [0.25, 0.3) is 0 Å². The van der Waals surface area contributed by atoms with Crippen molar-refractivity contribution in [3.63, 3.8) is 0 Å². The molecule has 0 atom stereocenters. The second-order valence-electron chi connectivity index (χ2n) is 3.05. The van der Waals surface area contributed by atoms with E-state index in [1.807, 2.05) is 25.1 Å². The highest BCUT2D eigenvalue weighted by Crippen LogP contribution is 2.09. The second kappa shape index (κ2) is 6.40. The number of aromatic nitrogens is 1. The molecule has 1 aromatic heterocycles. The molecule has 82 valence electrons. The molecule has 0 spiro atoms. The lowest BCUT2D eigenvalue weighted by Gasteiger charge is -2.06. The fraction of sp³-hybridized carbons (Fsp3) is 0.400. The van der Waals surface area contributed by atoms with Crippen LogP contribution < -0.4 is 10.6 Å². The van der Waals surface area contributed by atoms with Crippen molar-refractivity contribution in [1.82, 2.24) is 10.3 Å². The molecule has 0 saturated carbocycles. The Morgan fingerprint density at radius 2 is 2.33 bits per heavy atom. The zero-order valence-electron chi connectivity index (χ0n) is 8.59. The van der Waals surface area contributed by atoms with Gasteiger partial charge in [0, 0.05) is 6.54 Å². The Bertz CT molecular complexity index is 330. The number of nitrogens with one attached hydrogen (secondary N) is 2. The standard InChI is InChI=1S/C10H14BrN3O/c1-2-6-12-10(15)7-13-9-5-3-4-8(11)14-9/h3-5H,2,6-7H2,1H3,(H,12,15)(H,13,14). The van der Waals surface area contributed by atoms with Gasteiger partial charge in [0.15, 0.2) is 0 Å². The fourth-order valence-corrected chi connectivity index (χ4v) is 1.35. The van der Waals surface area contributed by atoms with Gasteiger partial charge in [-0.2, -0.15) is 0 Å². The van der Waals surface area contributed by atoms with Gasteiger partial charge in [-0.25, -0.2) is 4.98 Å². The molecule has 0 aliphatic rings. The average molecular weight is 272 g/mol. The first-order valence-corrected chi connectivity index (χ1v) is 5.65. The van der Waals surface area contributed by atoms with E-state index < -0.39 is 0 Å². The maximum Gasteiger partial charge on any atom is 0.239 e. The zero-order chi connectivity index (χ0) is 11.1. The summed E-state index contributed by atoms with van der Waals surface area (Å²) in [6.07, 6.45) is 0.945. The first-order valence-electron chi connectivity index (χ1n) is 4.85. The van der Waals surface area contributed by atoms with Crippen molar-refractivity contribution in [2.45, 2.75) is 13.3 Å². The zero-order valence-corrected chi connectivity index (χ0v) is 10.2. The van der Waals surface area contributed by atoms with Crippen LogP contribution in [0.3, 0.4) is 0 Å². The number of pyridine rings is 1. The Morgan fingerprint density at radius 3 is 3.00 bits per heavy atom. The smallest absolute Gasteiger partial charge is 0.239 e. The summed E-state index contributed by atoms with van der Waals surface area (Å²) in [6, 6.07) is 5.52. The third-order valence-corrected chi connectivity index (χ3v) is 2.16. The summed E-state index contributed by atoms with van der Waals surface area (Å²) >= 11 is 3.26. The molecule has 15 heavy (non-hydrogen) atoms. The van der Waals surface area contributed by atoms with Gasteiger partial charge in [-0.3, -0.25) is 4.79 Å². The molecule has 1 heterocycles. The van der Waals surface area contributed by atoms with E-state index in [0.29, 0.717) is 12.4 Å². The van der Waals surface area contributed by atoms with Crippen LogP contribution in [0, 0.1) is 0 Å². The van der Waals surface area contributed by atoms with Crippen molar-refractivity contribution < 1.29 is 4.79 Å². The van der Waals surface area contributed by atoms with Crippen molar-refractivity contribution in [2.75, 3.05) is 18.4 Å². The van der Waals surface area contributed by atoms with Crippen molar-refractivity contribution in [3.05, 3.63) is 22.8 Å². The number of nitrogens with zero attached hydrogens (tertiary/aromatic N) is 1. The Hall–Kier alpha value is -1.10. The van der Waals surface area contributed by atoms with Gasteiger partial charge >= 0.3 is 0 Å². The topological polar surface area (TPSA) is 54.0 Å². The number of carbonyl (C=O) groups excluding carboxylic acids is 1. The average Bonchev–Trinajstić information content (AvgIpc) is 2.23. The highest BCUT2D eigenvalue weighted by atomic mass is 79.9. The van der Waals surface area contributed by atoms with Crippen LogP contribution in [0.1, 0.15) is 13.3 Å². The lowest BCUT2D eigenvalue weighted by atomic mass is 10.4. The van der Waals surface area contributed by atoms with Crippen LogP contribution in [0.25, 0.3) is 0 Å². The van der Waals surface area contributed by atoms with Crippen LogP contribution in [-0.2, 0) is 4.79 Å². The van der Waals surface area contributed by atoms with Crippen LogP contribution in [0.4, 0.5) is 5.82 Å². The van der Waals surface area contributed by atoms with Crippen molar-refractivity contribution in [2.24, 2.45) is 0 Å². The Balaban J connectivity index is 2.33. The monoisotopic (exact) mass is 271 g/mol. The Morgan fingerprint density at radius 1 is 1.53 bits per heavy atom. The van der Waals surface area contributed by atoms with Crippen LogP contribution >= 0.6 is 15.9 Å². The van der Waals surface area contributed by atoms with Gasteiger partial charge < -0.3 is 10.6 Å². The molecule has 0 bridgehead atoms. The minimum Gasteiger partial charge on any atom is -0.361 e. The molecule has 1 amide bonds. The normalized spacial score (nSPS) is 9.73. The first kappa shape index (κ1) is 12.0. The molecule has 1 aromatic rings. The van der Waals surface area contributed by atoms with E-state index in [4.69, 9.17) is 0 Å². The summed E-state index contributed by atoms with van der Waals surface area (Å²) in [5.41, 5.74) is 0.